The number of allylic oxidation sites excluding steroid dienone is 4. The number of hydrogen-bond donors (Lipinski definition) is 1. The highest BCUT2D eigenvalue weighted by atomic mass is 16.3. The number of aldehydes is 1. The third kappa shape index (κ3) is 19.2. The van der Waals surface area contributed by atoms with Crippen molar-refractivity contribution < 1.29 is 9.90 Å². The maximum Gasteiger partial charge on any atom is 0.119 e. The van der Waals surface area contributed by atoms with Crippen molar-refractivity contribution in [3.05, 3.63) is 24.3 Å². The van der Waals surface area contributed by atoms with Crippen LogP contribution in [0.5, 0.6) is 0 Å². The summed E-state index contributed by atoms with van der Waals surface area (Å²) < 4.78 is 0. The van der Waals surface area contributed by atoms with Gasteiger partial charge in [0, 0.05) is 6.42 Å². The first-order chi connectivity index (χ1) is 11.8. The van der Waals surface area contributed by atoms with Crippen molar-refractivity contribution in [2.45, 2.75) is 109 Å². The molecule has 2 heteroatoms. The Morgan fingerprint density at radius 3 is 1.71 bits per heavy atom. The zero-order valence-corrected chi connectivity index (χ0v) is 15.9. The zero-order valence-electron chi connectivity index (χ0n) is 15.9. The van der Waals surface area contributed by atoms with Gasteiger partial charge in [0.05, 0.1) is 6.10 Å². The van der Waals surface area contributed by atoms with Gasteiger partial charge in [-0.05, 0) is 70.6 Å². The van der Waals surface area contributed by atoms with E-state index in [1.165, 1.54) is 32.1 Å². The van der Waals surface area contributed by atoms with Crippen molar-refractivity contribution in [3.63, 3.8) is 0 Å². The Morgan fingerprint density at radius 1 is 0.667 bits per heavy atom. The molecule has 1 unspecified atom stereocenters. The van der Waals surface area contributed by atoms with Gasteiger partial charge in [0.25, 0.3) is 0 Å². The average molecular weight is 337 g/mol. The summed E-state index contributed by atoms with van der Waals surface area (Å²) in [7, 11) is 0. The molecule has 0 fully saturated rings. The molecule has 0 aliphatic carbocycles. The van der Waals surface area contributed by atoms with Gasteiger partial charge in [0.2, 0.25) is 0 Å². The molecule has 0 aliphatic rings. The minimum absolute atomic E-state index is 0.120. The average Bonchev–Trinajstić information content (AvgIpc) is 2.59. The SMILES string of the molecule is CCCCC/C=C\CCCC(O)CCCC/C=C\CCCCC=O. The molecule has 0 heterocycles. The van der Waals surface area contributed by atoms with Crippen molar-refractivity contribution in [2.75, 3.05) is 0 Å². The van der Waals surface area contributed by atoms with Crippen LogP contribution in [-0.4, -0.2) is 17.5 Å². The smallest absolute Gasteiger partial charge is 0.119 e. The number of unbranched alkanes of at least 4 members (excludes halogenated alkanes) is 9. The summed E-state index contributed by atoms with van der Waals surface area (Å²) in [6, 6.07) is 0. The first-order valence-electron chi connectivity index (χ1n) is 10.2. The number of carbonyl (C=O) groups is 1. The maximum absolute atomic E-state index is 10.2. The first-order valence-corrected chi connectivity index (χ1v) is 10.2. The molecule has 0 saturated heterocycles. The second-order valence-electron chi connectivity index (χ2n) is 6.76. The third-order valence-electron chi connectivity index (χ3n) is 4.32. The van der Waals surface area contributed by atoms with E-state index >= 15 is 0 Å². The molecule has 0 aromatic carbocycles. The second kappa shape index (κ2) is 20.2. The Labute approximate surface area is 150 Å². The van der Waals surface area contributed by atoms with Crippen LogP contribution in [0.4, 0.5) is 0 Å². The Hall–Kier alpha value is -0.890. The Kier molecular flexibility index (Phi) is 19.4. The van der Waals surface area contributed by atoms with Crippen LogP contribution >= 0.6 is 0 Å². The number of hydrogen-bond acceptors (Lipinski definition) is 2. The molecule has 24 heavy (non-hydrogen) atoms. The lowest BCUT2D eigenvalue weighted by Crippen LogP contribution is -2.05. The van der Waals surface area contributed by atoms with E-state index in [0.717, 1.165) is 64.1 Å². The number of aliphatic hydroxyl groups excluding tert-OH is 1. The Morgan fingerprint density at radius 2 is 1.12 bits per heavy atom. The standard InChI is InChI=1S/C22H40O2/c1-2-3-4-5-6-10-13-16-19-22(24)20-17-14-11-8-7-9-12-15-18-21-23/h6-8,10,21-22,24H,2-5,9,11-20H2,1H3/b8-7-,10-6-. The predicted molar refractivity (Wildman–Crippen MR) is 105 cm³/mol. The lowest BCUT2D eigenvalue weighted by molar-refractivity contribution is -0.107. The van der Waals surface area contributed by atoms with Gasteiger partial charge < -0.3 is 9.90 Å². The molecule has 1 atom stereocenters. The van der Waals surface area contributed by atoms with Crippen molar-refractivity contribution in [1.82, 2.24) is 0 Å². The van der Waals surface area contributed by atoms with Gasteiger partial charge in [-0.15, -0.1) is 0 Å². The summed E-state index contributed by atoms with van der Waals surface area (Å²) >= 11 is 0. The molecule has 0 spiro atoms. The summed E-state index contributed by atoms with van der Waals surface area (Å²) in [6.07, 6.45) is 26.5. The normalized spacial score (nSPS) is 13.1. The van der Waals surface area contributed by atoms with Gasteiger partial charge in [-0.25, -0.2) is 0 Å². The Balaban J connectivity index is 3.30. The third-order valence-corrected chi connectivity index (χ3v) is 4.32. The lowest BCUT2D eigenvalue weighted by atomic mass is 10.0. The van der Waals surface area contributed by atoms with Gasteiger partial charge in [-0.1, -0.05) is 50.5 Å². The monoisotopic (exact) mass is 336 g/mol. The van der Waals surface area contributed by atoms with E-state index in [1.54, 1.807) is 0 Å². The fraction of sp³-hybridized carbons (Fsp3) is 0.773. The summed E-state index contributed by atoms with van der Waals surface area (Å²) in [5.74, 6) is 0. The van der Waals surface area contributed by atoms with Gasteiger partial charge in [0.15, 0.2) is 0 Å². The van der Waals surface area contributed by atoms with Crippen molar-refractivity contribution in [2.24, 2.45) is 0 Å². The Bertz CT molecular complexity index is 307. The van der Waals surface area contributed by atoms with E-state index in [2.05, 4.69) is 31.2 Å². The number of rotatable bonds is 18. The van der Waals surface area contributed by atoms with E-state index < -0.39 is 0 Å². The van der Waals surface area contributed by atoms with Gasteiger partial charge in [-0.3, -0.25) is 0 Å². The molecule has 0 bridgehead atoms. The van der Waals surface area contributed by atoms with Crippen LogP contribution in [0, 0.1) is 0 Å². The van der Waals surface area contributed by atoms with Crippen LogP contribution in [0.3, 0.4) is 0 Å². The highest BCUT2D eigenvalue weighted by Crippen LogP contribution is 2.11. The molecular weight excluding hydrogens is 296 g/mol. The first kappa shape index (κ1) is 23.1. The van der Waals surface area contributed by atoms with Crippen molar-refractivity contribution in [3.8, 4) is 0 Å². The topological polar surface area (TPSA) is 37.3 Å². The summed E-state index contributed by atoms with van der Waals surface area (Å²) in [6.45, 7) is 2.24. The maximum atomic E-state index is 10.2. The molecule has 0 rings (SSSR count). The fourth-order valence-electron chi connectivity index (χ4n) is 2.73. The van der Waals surface area contributed by atoms with Crippen LogP contribution in [0.15, 0.2) is 24.3 Å². The highest BCUT2D eigenvalue weighted by molar-refractivity contribution is 5.48. The highest BCUT2D eigenvalue weighted by Gasteiger charge is 2.02. The molecule has 140 valence electrons. The van der Waals surface area contributed by atoms with E-state index in [0.29, 0.717) is 6.42 Å². The minimum atomic E-state index is -0.120. The van der Waals surface area contributed by atoms with Gasteiger partial charge >= 0.3 is 0 Å². The quantitative estimate of drug-likeness (QED) is 0.175. The summed E-state index contributed by atoms with van der Waals surface area (Å²) in [5.41, 5.74) is 0. The molecule has 0 aromatic rings. The summed E-state index contributed by atoms with van der Waals surface area (Å²) in [4.78, 5) is 10.2. The van der Waals surface area contributed by atoms with Crippen molar-refractivity contribution in [1.29, 1.82) is 0 Å². The predicted octanol–water partition coefficient (Wildman–Crippen LogP) is 6.53. The van der Waals surface area contributed by atoms with Crippen LogP contribution in [0.2, 0.25) is 0 Å². The molecular formula is C22H40O2. The van der Waals surface area contributed by atoms with Crippen LogP contribution in [-0.2, 0) is 4.79 Å². The van der Waals surface area contributed by atoms with E-state index in [9.17, 15) is 9.90 Å². The van der Waals surface area contributed by atoms with Crippen LogP contribution in [0.1, 0.15) is 103 Å². The van der Waals surface area contributed by atoms with Crippen molar-refractivity contribution >= 4 is 6.29 Å². The fourth-order valence-corrected chi connectivity index (χ4v) is 2.73. The second-order valence-corrected chi connectivity index (χ2v) is 6.76. The number of carbonyl (C=O) groups excluding carboxylic acids is 1. The molecule has 1 N–H and O–H groups in total. The molecule has 0 saturated carbocycles. The van der Waals surface area contributed by atoms with Crippen LogP contribution in [0.25, 0.3) is 0 Å². The molecule has 0 aliphatic heterocycles. The van der Waals surface area contributed by atoms with Gasteiger partial charge in [-0.2, -0.15) is 0 Å². The molecule has 2 nitrogen and oxygen atoms in total. The molecule has 0 radical (unpaired) electrons. The van der Waals surface area contributed by atoms with E-state index in [-0.39, 0.29) is 6.10 Å². The minimum Gasteiger partial charge on any atom is -0.393 e. The molecule has 0 amide bonds. The molecule has 0 aromatic heterocycles. The van der Waals surface area contributed by atoms with E-state index in [1.807, 2.05) is 0 Å². The van der Waals surface area contributed by atoms with Gasteiger partial charge in [0.1, 0.15) is 6.29 Å². The van der Waals surface area contributed by atoms with Crippen LogP contribution < -0.4 is 0 Å². The zero-order chi connectivity index (χ0) is 17.7. The lowest BCUT2D eigenvalue weighted by Gasteiger charge is -2.08. The largest absolute Gasteiger partial charge is 0.393 e. The summed E-state index contributed by atoms with van der Waals surface area (Å²) in [5, 5.41) is 9.97. The van der Waals surface area contributed by atoms with E-state index in [4.69, 9.17) is 0 Å². The number of aliphatic hydroxyl groups is 1.